The van der Waals surface area contributed by atoms with Crippen LogP contribution in [0.15, 0.2) is 39.3 Å². The lowest BCUT2D eigenvalue weighted by Crippen LogP contribution is -2.33. The summed E-state index contributed by atoms with van der Waals surface area (Å²) in [6, 6.07) is 8.32. The number of aromatic hydroxyl groups is 2. The fourth-order valence-corrected chi connectivity index (χ4v) is 7.37. The summed E-state index contributed by atoms with van der Waals surface area (Å²) in [4.78, 5) is 25.6. The van der Waals surface area contributed by atoms with E-state index in [2.05, 4.69) is 31.9 Å². The van der Waals surface area contributed by atoms with Crippen molar-refractivity contribution < 1.29 is 29.6 Å². The standard InChI is InChI=1S/C33H36Br2O6/c1-5-9-18-16-25(34)21(11-7-3)29(36)27(18)33(24-14-13-20(31(38)39)15-23(24)32(40)41-33)28-19(10-6-2)17-26(35)22(12-8-4)30(28)37/h13-17,36-37H,5-12H2,1-4H3,(H,38,39). The van der Waals surface area contributed by atoms with E-state index < -0.39 is 17.5 Å². The number of hydrogen-bond acceptors (Lipinski definition) is 5. The van der Waals surface area contributed by atoms with E-state index in [1.54, 1.807) is 6.07 Å². The van der Waals surface area contributed by atoms with Crippen LogP contribution in [0.2, 0.25) is 0 Å². The van der Waals surface area contributed by atoms with Crippen LogP contribution in [-0.4, -0.2) is 27.3 Å². The number of rotatable bonds is 11. The molecule has 3 aromatic rings. The van der Waals surface area contributed by atoms with Crippen molar-refractivity contribution in [1.82, 2.24) is 0 Å². The van der Waals surface area contributed by atoms with E-state index in [1.165, 1.54) is 12.1 Å². The molecule has 0 spiro atoms. The Hall–Kier alpha value is -2.84. The lowest BCUT2D eigenvalue weighted by molar-refractivity contribution is 0.0233. The Morgan fingerprint density at radius 1 is 0.780 bits per heavy atom. The van der Waals surface area contributed by atoms with Gasteiger partial charge in [0.15, 0.2) is 5.60 Å². The number of carbonyl (C=O) groups excluding carboxylic acids is 1. The molecule has 8 heteroatoms. The maximum Gasteiger partial charge on any atom is 0.340 e. The molecule has 0 fully saturated rings. The molecule has 3 N–H and O–H groups in total. The van der Waals surface area contributed by atoms with Gasteiger partial charge in [-0.05, 0) is 61.1 Å². The number of fused-ring (bicyclic) bond motifs is 1. The highest BCUT2D eigenvalue weighted by atomic mass is 79.9. The number of ether oxygens (including phenoxy) is 1. The molecule has 0 bridgehead atoms. The van der Waals surface area contributed by atoms with E-state index in [-0.39, 0.29) is 22.6 Å². The molecule has 6 nitrogen and oxygen atoms in total. The quantitative estimate of drug-likeness (QED) is 0.175. The first kappa shape index (κ1) is 31.1. The Kier molecular flexibility index (Phi) is 9.54. The number of benzene rings is 3. The van der Waals surface area contributed by atoms with Gasteiger partial charge in [0.2, 0.25) is 0 Å². The highest BCUT2D eigenvalue weighted by Gasteiger charge is 2.54. The van der Waals surface area contributed by atoms with Crippen LogP contribution in [0.1, 0.15) is 113 Å². The van der Waals surface area contributed by atoms with Gasteiger partial charge in [-0.3, -0.25) is 0 Å². The van der Waals surface area contributed by atoms with Crippen LogP contribution >= 0.6 is 31.9 Å². The largest absolute Gasteiger partial charge is 0.507 e. The summed E-state index contributed by atoms with van der Waals surface area (Å²) in [6.45, 7) is 8.12. The van der Waals surface area contributed by atoms with Gasteiger partial charge in [-0.25, -0.2) is 9.59 Å². The van der Waals surface area contributed by atoms with Gasteiger partial charge >= 0.3 is 11.9 Å². The molecule has 1 aliphatic heterocycles. The third-order valence-corrected chi connectivity index (χ3v) is 9.14. The fourth-order valence-electron chi connectivity index (χ4n) is 6.05. The average molecular weight is 688 g/mol. The first-order valence-electron chi connectivity index (χ1n) is 14.3. The third-order valence-electron chi connectivity index (χ3n) is 7.72. The Bertz CT molecular complexity index is 1440. The van der Waals surface area contributed by atoms with Crippen molar-refractivity contribution in [3.63, 3.8) is 0 Å². The monoisotopic (exact) mass is 686 g/mol. The normalized spacial score (nSPS) is 13.8. The van der Waals surface area contributed by atoms with Gasteiger partial charge in [0.05, 0.1) is 22.3 Å². The first-order valence-corrected chi connectivity index (χ1v) is 15.8. The van der Waals surface area contributed by atoms with Gasteiger partial charge in [-0.2, -0.15) is 0 Å². The summed E-state index contributed by atoms with van der Waals surface area (Å²) in [5, 5.41) is 33.9. The third kappa shape index (κ3) is 5.29. The van der Waals surface area contributed by atoms with Crippen molar-refractivity contribution in [2.45, 2.75) is 84.7 Å². The molecule has 3 aromatic carbocycles. The van der Waals surface area contributed by atoms with Crippen LogP contribution in [0.25, 0.3) is 0 Å². The highest BCUT2D eigenvalue weighted by molar-refractivity contribution is 9.10. The Balaban J connectivity index is 2.28. The number of carboxylic acids is 1. The van der Waals surface area contributed by atoms with Gasteiger partial charge in [-0.15, -0.1) is 0 Å². The molecular weight excluding hydrogens is 652 g/mol. The van der Waals surface area contributed by atoms with E-state index in [1.807, 2.05) is 39.8 Å². The molecule has 0 radical (unpaired) electrons. The molecule has 0 amide bonds. The van der Waals surface area contributed by atoms with Gasteiger partial charge in [-0.1, -0.05) is 91.3 Å². The molecule has 0 aliphatic carbocycles. The lowest BCUT2D eigenvalue weighted by atomic mass is 9.73. The zero-order valence-corrected chi connectivity index (χ0v) is 27.0. The minimum absolute atomic E-state index is 0.00875. The van der Waals surface area contributed by atoms with Crippen LogP contribution < -0.4 is 0 Å². The zero-order chi connectivity index (χ0) is 30.1. The second-order valence-electron chi connectivity index (χ2n) is 10.6. The van der Waals surface area contributed by atoms with Gasteiger partial charge in [0, 0.05) is 25.6 Å². The number of cyclic esters (lactones) is 1. The predicted octanol–water partition coefficient (Wildman–Crippen LogP) is 8.59. The van der Waals surface area contributed by atoms with Crippen molar-refractivity contribution in [2.24, 2.45) is 0 Å². The number of hydrogen-bond donors (Lipinski definition) is 3. The van der Waals surface area contributed by atoms with Crippen molar-refractivity contribution in [3.05, 3.63) is 89.3 Å². The number of aromatic carboxylic acids is 1. The second-order valence-corrected chi connectivity index (χ2v) is 12.3. The Morgan fingerprint density at radius 3 is 1.66 bits per heavy atom. The number of phenols is 2. The zero-order valence-electron chi connectivity index (χ0n) is 23.9. The van der Waals surface area contributed by atoms with Crippen LogP contribution in [0.3, 0.4) is 0 Å². The summed E-state index contributed by atoms with van der Waals surface area (Å²) in [6.07, 6.45) is 5.39. The Labute approximate surface area is 258 Å². The fraction of sp³-hybridized carbons (Fsp3) is 0.394. The molecule has 1 aliphatic rings. The summed E-state index contributed by atoms with van der Waals surface area (Å²) >= 11 is 7.32. The molecule has 0 atom stereocenters. The topological polar surface area (TPSA) is 104 Å². The number of carboxylic acid groups (broad SMARTS) is 1. The highest BCUT2D eigenvalue weighted by Crippen LogP contribution is 2.57. The molecule has 0 aromatic heterocycles. The summed E-state index contributed by atoms with van der Waals surface area (Å²) < 4.78 is 7.96. The van der Waals surface area contributed by atoms with Gasteiger partial charge < -0.3 is 20.1 Å². The van der Waals surface area contributed by atoms with Crippen LogP contribution in [-0.2, 0) is 36.0 Å². The summed E-state index contributed by atoms with van der Waals surface area (Å²) in [7, 11) is 0. The first-order chi connectivity index (χ1) is 19.6. The molecule has 4 rings (SSSR count). The molecule has 41 heavy (non-hydrogen) atoms. The minimum Gasteiger partial charge on any atom is -0.507 e. The number of phenolic OH excluding ortho intramolecular Hbond substituents is 2. The predicted molar refractivity (Wildman–Crippen MR) is 166 cm³/mol. The van der Waals surface area contributed by atoms with Crippen LogP contribution in [0.5, 0.6) is 11.5 Å². The molecule has 218 valence electrons. The Morgan fingerprint density at radius 2 is 1.24 bits per heavy atom. The maximum atomic E-state index is 13.7. The van der Waals surface area contributed by atoms with E-state index >= 15 is 0 Å². The SMILES string of the molecule is CCCc1cc(Br)c(CCC)c(O)c1C1(c2c(CCC)cc(Br)c(CCC)c2O)OC(=O)c2cc(C(=O)O)ccc21. The van der Waals surface area contributed by atoms with E-state index in [0.29, 0.717) is 53.5 Å². The van der Waals surface area contributed by atoms with E-state index in [0.717, 1.165) is 45.8 Å². The number of esters is 1. The van der Waals surface area contributed by atoms with E-state index in [9.17, 15) is 24.9 Å². The van der Waals surface area contributed by atoms with Crippen molar-refractivity contribution >= 4 is 43.8 Å². The second kappa shape index (κ2) is 12.6. The summed E-state index contributed by atoms with van der Waals surface area (Å²) in [5.74, 6) is -1.85. The van der Waals surface area contributed by atoms with E-state index in [4.69, 9.17) is 4.74 Å². The van der Waals surface area contributed by atoms with Crippen molar-refractivity contribution in [1.29, 1.82) is 0 Å². The molecule has 0 saturated carbocycles. The van der Waals surface area contributed by atoms with Crippen molar-refractivity contribution in [3.8, 4) is 11.5 Å². The molecule has 1 heterocycles. The van der Waals surface area contributed by atoms with Crippen LogP contribution in [0, 0.1) is 0 Å². The van der Waals surface area contributed by atoms with Gasteiger partial charge in [0.25, 0.3) is 0 Å². The number of halogens is 2. The minimum atomic E-state index is -1.70. The molecule has 0 unspecified atom stereocenters. The maximum absolute atomic E-state index is 13.7. The molecular formula is C33H36Br2O6. The van der Waals surface area contributed by atoms with Crippen molar-refractivity contribution in [2.75, 3.05) is 0 Å². The van der Waals surface area contributed by atoms with Gasteiger partial charge in [0.1, 0.15) is 11.5 Å². The average Bonchev–Trinajstić information content (AvgIpc) is 3.20. The number of aryl methyl sites for hydroxylation is 2. The molecule has 0 saturated heterocycles. The summed E-state index contributed by atoms with van der Waals surface area (Å²) in [5.41, 5.74) is 2.54. The lowest BCUT2D eigenvalue weighted by Gasteiger charge is -2.36. The number of carbonyl (C=O) groups is 2. The smallest absolute Gasteiger partial charge is 0.340 e. The van der Waals surface area contributed by atoms with Crippen LogP contribution in [0.4, 0.5) is 0 Å².